The van der Waals surface area contributed by atoms with Crippen LogP contribution >= 0.6 is 27.3 Å². The highest BCUT2D eigenvalue weighted by molar-refractivity contribution is 9.11. The molecule has 0 spiro atoms. The van der Waals surface area contributed by atoms with E-state index in [-0.39, 0.29) is 5.78 Å². The lowest BCUT2D eigenvalue weighted by Gasteiger charge is -1.99. The van der Waals surface area contributed by atoms with Crippen LogP contribution in [-0.4, -0.2) is 10.8 Å². The van der Waals surface area contributed by atoms with Crippen molar-refractivity contribution in [1.82, 2.24) is 4.98 Å². The summed E-state index contributed by atoms with van der Waals surface area (Å²) < 4.78 is 1.06. The van der Waals surface area contributed by atoms with Crippen molar-refractivity contribution in [2.24, 2.45) is 0 Å². The van der Waals surface area contributed by atoms with Gasteiger partial charge in [-0.15, -0.1) is 11.3 Å². The Morgan fingerprint density at radius 1 is 1.44 bits per heavy atom. The number of nitrogens with zero attached hydrogens (tertiary/aromatic N) is 1. The van der Waals surface area contributed by atoms with Crippen LogP contribution in [0, 0.1) is 6.92 Å². The van der Waals surface area contributed by atoms with Gasteiger partial charge in [0.2, 0.25) is 0 Å². The molecule has 16 heavy (non-hydrogen) atoms. The third kappa shape index (κ3) is 2.77. The van der Waals surface area contributed by atoms with Crippen LogP contribution in [0.1, 0.15) is 20.9 Å². The van der Waals surface area contributed by atoms with Gasteiger partial charge >= 0.3 is 0 Å². The molecule has 0 aliphatic rings. The molecule has 0 saturated carbocycles. The highest BCUT2D eigenvalue weighted by Crippen LogP contribution is 2.23. The minimum Gasteiger partial charge on any atom is -0.294 e. The van der Waals surface area contributed by atoms with Crippen LogP contribution in [0.15, 0.2) is 34.2 Å². The van der Waals surface area contributed by atoms with Crippen molar-refractivity contribution in [3.8, 4) is 0 Å². The van der Waals surface area contributed by atoms with Gasteiger partial charge in [0.05, 0.1) is 3.79 Å². The smallest absolute Gasteiger partial charge is 0.168 e. The van der Waals surface area contributed by atoms with Crippen molar-refractivity contribution in [1.29, 1.82) is 0 Å². The Balaban J connectivity index is 2.14. The van der Waals surface area contributed by atoms with Crippen molar-refractivity contribution in [3.63, 3.8) is 0 Å². The molecule has 2 rings (SSSR count). The van der Waals surface area contributed by atoms with Crippen molar-refractivity contribution >= 4 is 33.0 Å². The molecule has 2 aromatic heterocycles. The van der Waals surface area contributed by atoms with Crippen LogP contribution in [0.25, 0.3) is 0 Å². The van der Waals surface area contributed by atoms with E-state index in [0.29, 0.717) is 6.42 Å². The maximum atomic E-state index is 11.9. The number of aromatic nitrogens is 1. The van der Waals surface area contributed by atoms with Crippen LogP contribution in [-0.2, 0) is 6.42 Å². The summed E-state index contributed by atoms with van der Waals surface area (Å²) >= 11 is 4.98. The minimum atomic E-state index is 0.139. The molecule has 0 unspecified atom stereocenters. The fourth-order valence-electron chi connectivity index (χ4n) is 1.43. The van der Waals surface area contributed by atoms with Crippen LogP contribution in [0.4, 0.5) is 0 Å². The summed E-state index contributed by atoms with van der Waals surface area (Å²) in [6.07, 6.45) is 2.13. The number of carbonyl (C=O) groups is 1. The molecule has 0 atom stereocenters. The van der Waals surface area contributed by atoms with Gasteiger partial charge in [-0.25, -0.2) is 0 Å². The van der Waals surface area contributed by atoms with Crippen molar-refractivity contribution in [2.45, 2.75) is 13.3 Å². The Kier molecular flexibility index (Phi) is 3.51. The highest BCUT2D eigenvalue weighted by Gasteiger charge is 2.08. The maximum absolute atomic E-state index is 11.9. The number of aryl methyl sites for hydroxylation is 1. The van der Waals surface area contributed by atoms with Gasteiger partial charge in [-0.2, -0.15) is 0 Å². The quantitative estimate of drug-likeness (QED) is 0.809. The number of halogens is 1. The van der Waals surface area contributed by atoms with Gasteiger partial charge < -0.3 is 0 Å². The van der Waals surface area contributed by atoms with Gasteiger partial charge in [0, 0.05) is 28.8 Å². The number of hydrogen-bond acceptors (Lipinski definition) is 3. The van der Waals surface area contributed by atoms with Crippen LogP contribution in [0.2, 0.25) is 0 Å². The van der Waals surface area contributed by atoms with E-state index < -0.39 is 0 Å². The molecule has 82 valence electrons. The summed E-state index contributed by atoms with van der Waals surface area (Å²) in [7, 11) is 0. The normalized spacial score (nSPS) is 10.4. The SMILES string of the molecule is Cc1cc(C(=O)Cc2ccc(Br)s2)ccn1. The van der Waals surface area contributed by atoms with Crippen molar-refractivity contribution in [3.05, 3.63) is 50.4 Å². The lowest BCUT2D eigenvalue weighted by molar-refractivity contribution is 0.0993. The molecule has 0 aliphatic heterocycles. The first kappa shape index (κ1) is 11.5. The minimum absolute atomic E-state index is 0.139. The van der Waals surface area contributed by atoms with E-state index >= 15 is 0 Å². The highest BCUT2D eigenvalue weighted by atomic mass is 79.9. The first-order chi connectivity index (χ1) is 7.65. The number of rotatable bonds is 3. The van der Waals surface area contributed by atoms with E-state index in [1.807, 2.05) is 25.1 Å². The Hall–Kier alpha value is -1.000. The first-order valence-corrected chi connectivity index (χ1v) is 6.46. The molecule has 0 bridgehead atoms. The van der Waals surface area contributed by atoms with E-state index in [0.717, 1.165) is 19.9 Å². The summed E-state index contributed by atoms with van der Waals surface area (Å²) in [5.74, 6) is 0.139. The molecule has 4 heteroatoms. The predicted octanol–water partition coefficient (Wildman–Crippen LogP) is 3.64. The number of carbonyl (C=O) groups excluding carboxylic acids is 1. The second kappa shape index (κ2) is 4.89. The molecule has 0 aromatic carbocycles. The van der Waals surface area contributed by atoms with Crippen LogP contribution in [0.5, 0.6) is 0 Å². The molecule has 2 aromatic rings. The topological polar surface area (TPSA) is 30.0 Å². The van der Waals surface area contributed by atoms with E-state index in [4.69, 9.17) is 0 Å². The van der Waals surface area contributed by atoms with Gasteiger partial charge in [0.1, 0.15) is 0 Å². The Morgan fingerprint density at radius 2 is 2.25 bits per heavy atom. The molecule has 0 fully saturated rings. The zero-order chi connectivity index (χ0) is 11.5. The number of hydrogen-bond donors (Lipinski definition) is 0. The summed E-state index contributed by atoms with van der Waals surface area (Å²) in [5, 5.41) is 0. The molecule has 0 radical (unpaired) electrons. The van der Waals surface area contributed by atoms with Gasteiger partial charge in [-0.05, 0) is 47.1 Å². The standard InChI is InChI=1S/C12H10BrNOS/c1-8-6-9(4-5-14-8)11(15)7-10-2-3-12(13)16-10/h2-6H,7H2,1H3. The summed E-state index contributed by atoms with van der Waals surface area (Å²) in [6.45, 7) is 1.89. The summed E-state index contributed by atoms with van der Waals surface area (Å²) in [6, 6.07) is 7.52. The average Bonchev–Trinajstić information content (AvgIpc) is 2.64. The lowest BCUT2D eigenvalue weighted by Crippen LogP contribution is -2.02. The zero-order valence-electron chi connectivity index (χ0n) is 8.74. The van der Waals surface area contributed by atoms with Crippen molar-refractivity contribution in [2.75, 3.05) is 0 Å². The first-order valence-electron chi connectivity index (χ1n) is 4.85. The van der Waals surface area contributed by atoms with Gasteiger partial charge in [0.25, 0.3) is 0 Å². The predicted molar refractivity (Wildman–Crippen MR) is 69.0 cm³/mol. The number of Topliss-reactive ketones (excluding diaryl/α,β-unsaturated/α-hetero) is 1. The largest absolute Gasteiger partial charge is 0.294 e. The van der Waals surface area contributed by atoms with Gasteiger partial charge in [-0.1, -0.05) is 0 Å². The molecule has 2 nitrogen and oxygen atoms in total. The molecule has 0 aliphatic carbocycles. The number of thiophene rings is 1. The van der Waals surface area contributed by atoms with Crippen LogP contribution in [0.3, 0.4) is 0 Å². The van der Waals surface area contributed by atoms with Crippen LogP contribution < -0.4 is 0 Å². The zero-order valence-corrected chi connectivity index (χ0v) is 11.1. The molecule has 0 N–H and O–H groups in total. The third-order valence-electron chi connectivity index (χ3n) is 2.18. The number of ketones is 1. The average molecular weight is 296 g/mol. The second-order valence-electron chi connectivity index (χ2n) is 3.49. The molecule has 0 amide bonds. The van der Waals surface area contributed by atoms with E-state index in [1.54, 1.807) is 23.6 Å². The van der Waals surface area contributed by atoms with E-state index in [1.165, 1.54) is 0 Å². The molecular formula is C12H10BrNOS. The van der Waals surface area contributed by atoms with Gasteiger partial charge in [-0.3, -0.25) is 9.78 Å². The number of pyridine rings is 1. The second-order valence-corrected chi connectivity index (χ2v) is 6.04. The Bertz CT molecular complexity index is 521. The fourth-order valence-corrected chi connectivity index (χ4v) is 2.91. The summed E-state index contributed by atoms with van der Waals surface area (Å²) in [4.78, 5) is 17.1. The fraction of sp³-hybridized carbons (Fsp3) is 0.167. The monoisotopic (exact) mass is 295 g/mol. The molecular weight excluding hydrogens is 286 g/mol. The van der Waals surface area contributed by atoms with E-state index in [2.05, 4.69) is 20.9 Å². The van der Waals surface area contributed by atoms with E-state index in [9.17, 15) is 4.79 Å². The molecule has 0 saturated heterocycles. The Labute approximate surface area is 106 Å². The van der Waals surface area contributed by atoms with Crippen molar-refractivity contribution < 1.29 is 4.79 Å². The maximum Gasteiger partial charge on any atom is 0.168 e. The Morgan fingerprint density at radius 3 is 2.88 bits per heavy atom. The van der Waals surface area contributed by atoms with Gasteiger partial charge in [0.15, 0.2) is 5.78 Å². The lowest BCUT2D eigenvalue weighted by atomic mass is 10.1. The third-order valence-corrected chi connectivity index (χ3v) is 3.81. The summed E-state index contributed by atoms with van der Waals surface area (Å²) in [5.41, 5.74) is 1.61. The molecule has 2 heterocycles.